The number of anilines is 2. The molecule has 150 valence electrons. The molecule has 1 aliphatic rings. The number of nitrogens with one attached hydrogen (secondary N) is 2. The van der Waals surface area contributed by atoms with Gasteiger partial charge in [0.05, 0.1) is 11.2 Å². The van der Waals surface area contributed by atoms with Gasteiger partial charge < -0.3 is 15.4 Å². The molecule has 0 atom stereocenters. The highest BCUT2D eigenvalue weighted by molar-refractivity contribution is 7.07. The number of thiazole rings is 1. The molecule has 1 aliphatic carbocycles. The third-order valence-corrected chi connectivity index (χ3v) is 5.72. The van der Waals surface area contributed by atoms with Crippen molar-refractivity contribution in [2.24, 2.45) is 0 Å². The first-order chi connectivity index (χ1) is 14.3. The highest BCUT2D eigenvalue weighted by Crippen LogP contribution is 2.23. The molecule has 1 fully saturated rings. The molecule has 1 saturated carbocycles. The molecule has 0 bridgehead atoms. The highest BCUT2D eigenvalue weighted by Gasteiger charge is 2.13. The zero-order valence-electron chi connectivity index (χ0n) is 16.3. The number of benzene rings is 2. The summed E-state index contributed by atoms with van der Waals surface area (Å²) in [7, 11) is 0. The number of ether oxygens (including phenoxy) is 1. The third-order valence-electron chi connectivity index (χ3n) is 5.09. The van der Waals surface area contributed by atoms with E-state index >= 15 is 0 Å². The van der Waals surface area contributed by atoms with Crippen molar-refractivity contribution < 1.29 is 9.53 Å². The van der Waals surface area contributed by atoms with E-state index in [2.05, 4.69) is 15.6 Å². The summed E-state index contributed by atoms with van der Waals surface area (Å²) in [5, 5.41) is 8.49. The van der Waals surface area contributed by atoms with Crippen LogP contribution in [0.4, 0.5) is 11.4 Å². The fourth-order valence-electron chi connectivity index (χ4n) is 3.53. The van der Waals surface area contributed by atoms with Crippen molar-refractivity contribution in [1.82, 2.24) is 4.98 Å². The minimum Gasteiger partial charge on any atom is -0.487 e. The summed E-state index contributed by atoms with van der Waals surface area (Å²) in [5.74, 6) is 0.495. The number of hydrogen-bond donors (Lipinski definition) is 2. The van der Waals surface area contributed by atoms with E-state index in [4.69, 9.17) is 4.74 Å². The van der Waals surface area contributed by atoms with Crippen molar-refractivity contribution in [2.45, 2.75) is 44.8 Å². The van der Waals surface area contributed by atoms with Crippen LogP contribution in [0.25, 0.3) is 0 Å². The second kappa shape index (κ2) is 9.56. The fraction of sp³-hybridized carbons (Fsp3) is 0.304. The molecule has 6 heteroatoms. The van der Waals surface area contributed by atoms with E-state index in [0.717, 1.165) is 17.1 Å². The van der Waals surface area contributed by atoms with Gasteiger partial charge in [-0.3, -0.25) is 4.79 Å². The first kappa shape index (κ1) is 19.5. The van der Waals surface area contributed by atoms with Crippen molar-refractivity contribution in [2.75, 3.05) is 10.6 Å². The molecule has 0 saturated heterocycles. The van der Waals surface area contributed by atoms with E-state index in [1.807, 2.05) is 41.8 Å². The fourth-order valence-corrected chi connectivity index (χ4v) is 4.07. The third kappa shape index (κ3) is 5.57. The Morgan fingerprint density at radius 3 is 2.62 bits per heavy atom. The van der Waals surface area contributed by atoms with Gasteiger partial charge in [-0.25, -0.2) is 4.98 Å². The Balaban J connectivity index is 1.33. The van der Waals surface area contributed by atoms with Crippen molar-refractivity contribution in [3.05, 3.63) is 70.7 Å². The number of nitrogens with zero attached hydrogens (tertiary/aromatic N) is 1. The van der Waals surface area contributed by atoms with E-state index in [0.29, 0.717) is 24.0 Å². The van der Waals surface area contributed by atoms with Crippen LogP contribution in [0.1, 0.15) is 48.2 Å². The zero-order chi connectivity index (χ0) is 19.9. The lowest BCUT2D eigenvalue weighted by Crippen LogP contribution is -2.22. The molecule has 1 amide bonds. The van der Waals surface area contributed by atoms with Gasteiger partial charge in [0, 0.05) is 28.4 Å². The van der Waals surface area contributed by atoms with Crippen LogP contribution in [0.2, 0.25) is 0 Å². The van der Waals surface area contributed by atoms with Crippen LogP contribution < -0.4 is 15.4 Å². The largest absolute Gasteiger partial charge is 0.487 e. The maximum atomic E-state index is 12.6. The summed E-state index contributed by atoms with van der Waals surface area (Å²) in [4.78, 5) is 16.8. The van der Waals surface area contributed by atoms with Crippen molar-refractivity contribution in [3.8, 4) is 5.75 Å². The second-order valence-electron chi connectivity index (χ2n) is 7.31. The first-order valence-corrected chi connectivity index (χ1v) is 11.0. The van der Waals surface area contributed by atoms with E-state index in [1.165, 1.54) is 43.4 Å². The van der Waals surface area contributed by atoms with Crippen LogP contribution in [0, 0.1) is 0 Å². The van der Waals surface area contributed by atoms with Gasteiger partial charge >= 0.3 is 0 Å². The van der Waals surface area contributed by atoms with E-state index in [-0.39, 0.29) is 5.91 Å². The van der Waals surface area contributed by atoms with E-state index in [9.17, 15) is 4.79 Å². The second-order valence-corrected chi connectivity index (χ2v) is 8.03. The summed E-state index contributed by atoms with van der Waals surface area (Å²) >= 11 is 1.53. The average molecular weight is 408 g/mol. The molecule has 3 aromatic rings. The molecule has 0 spiro atoms. The molecule has 1 heterocycles. The first-order valence-electron chi connectivity index (χ1n) is 10.0. The molecule has 29 heavy (non-hydrogen) atoms. The molecule has 2 aromatic carbocycles. The maximum absolute atomic E-state index is 12.6. The molecular weight excluding hydrogens is 382 g/mol. The number of hydrogen-bond acceptors (Lipinski definition) is 5. The summed E-state index contributed by atoms with van der Waals surface area (Å²) < 4.78 is 5.74. The predicted molar refractivity (Wildman–Crippen MR) is 118 cm³/mol. The number of carbonyl (C=O) groups excluding carboxylic acids is 1. The molecule has 5 nitrogen and oxygen atoms in total. The van der Waals surface area contributed by atoms with Crippen LogP contribution in [0.15, 0.2) is 59.4 Å². The molecule has 0 unspecified atom stereocenters. The van der Waals surface area contributed by atoms with E-state index in [1.54, 1.807) is 17.6 Å². The normalized spacial score (nSPS) is 14.3. The number of aromatic nitrogens is 1. The van der Waals surface area contributed by atoms with Gasteiger partial charge in [0.25, 0.3) is 5.91 Å². The van der Waals surface area contributed by atoms with Gasteiger partial charge in [0.1, 0.15) is 12.4 Å². The van der Waals surface area contributed by atoms with Crippen molar-refractivity contribution in [1.29, 1.82) is 0 Å². The molecule has 4 rings (SSSR count). The van der Waals surface area contributed by atoms with Gasteiger partial charge in [-0.05, 0) is 55.3 Å². The van der Waals surface area contributed by atoms with Gasteiger partial charge in [-0.15, -0.1) is 11.3 Å². The van der Waals surface area contributed by atoms with Gasteiger partial charge in [-0.1, -0.05) is 25.3 Å². The lowest BCUT2D eigenvalue weighted by molar-refractivity contribution is 0.102. The summed E-state index contributed by atoms with van der Waals surface area (Å²) in [6, 6.07) is 15.7. The minimum absolute atomic E-state index is 0.155. The smallest absolute Gasteiger partial charge is 0.255 e. The SMILES string of the molecule is O=C(Nc1ccc(NC2CCCCC2)cc1)c1cccc(OCc2cscn2)c1. The standard InChI is InChI=1S/C23H25N3O2S/c27-23(17-5-4-8-22(13-17)28-14-21-15-29-16-24-21)26-20-11-9-19(10-12-20)25-18-6-2-1-3-7-18/h4-5,8-13,15-16,18,25H,1-3,6-7,14H2,(H,26,27). The zero-order valence-corrected chi connectivity index (χ0v) is 17.1. The van der Waals surface area contributed by atoms with Crippen LogP contribution in [-0.4, -0.2) is 16.9 Å². The Kier molecular flexibility index (Phi) is 6.42. The Morgan fingerprint density at radius 2 is 1.86 bits per heavy atom. The van der Waals surface area contributed by atoms with Crippen molar-refractivity contribution >= 4 is 28.6 Å². The number of carbonyl (C=O) groups is 1. The Bertz CT molecular complexity index is 920. The Hall–Kier alpha value is -2.86. The van der Waals surface area contributed by atoms with Gasteiger partial charge in [0.2, 0.25) is 0 Å². The van der Waals surface area contributed by atoms with Crippen LogP contribution >= 0.6 is 11.3 Å². The van der Waals surface area contributed by atoms with Crippen LogP contribution in [0.5, 0.6) is 5.75 Å². The molecule has 0 radical (unpaired) electrons. The van der Waals surface area contributed by atoms with Crippen LogP contribution in [0.3, 0.4) is 0 Å². The topological polar surface area (TPSA) is 63.2 Å². The highest BCUT2D eigenvalue weighted by atomic mass is 32.1. The van der Waals surface area contributed by atoms with Gasteiger partial charge in [0.15, 0.2) is 0 Å². The van der Waals surface area contributed by atoms with Gasteiger partial charge in [-0.2, -0.15) is 0 Å². The van der Waals surface area contributed by atoms with E-state index < -0.39 is 0 Å². The lowest BCUT2D eigenvalue weighted by atomic mass is 9.95. The minimum atomic E-state index is -0.155. The Labute approximate surface area is 175 Å². The molecular formula is C23H25N3O2S. The quantitative estimate of drug-likeness (QED) is 0.526. The molecule has 0 aliphatic heterocycles. The monoisotopic (exact) mass is 407 g/mol. The number of rotatable bonds is 7. The van der Waals surface area contributed by atoms with Crippen molar-refractivity contribution in [3.63, 3.8) is 0 Å². The summed E-state index contributed by atoms with van der Waals surface area (Å²) in [6.45, 7) is 0.393. The molecule has 2 N–H and O–H groups in total. The maximum Gasteiger partial charge on any atom is 0.255 e. The molecule has 1 aromatic heterocycles. The summed E-state index contributed by atoms with van der Waals surface area (Å²) in [6.07, 6.45) is 6.43. The summed E-state index contributed by atoms with van der Waals surface area (Å²) in [5.41, 5.74) is 5.10. The predicted octanol–water partition coefficient (Wildman–Crippen LogP) is 5.72. The average Bonchev–Trinajstić information content (AvgIpc) is 3.28. The van der Waals surface area contributed by atoms with Crippen LogP contribution in [-0.2, 0) is 6.61 Å². The lowest BCUT2D eigenvalue weighted by Gasteiger charge is -2.23. The Morgan fingerprint density at radius 1 is 1.07 bits per heavy atom. The number of amides is 1.